The van der Waals surface area contributed by atoms with Crippen molar-refractivity contribution < 1.29 is 9.53 Å². The quantitative estimate of drug-likeness (QED) is 0.752. The number of nitrogens with zero attached hydrogens (tertiary/aromatic N) is 1. The first kappa shape index (κ1) is 16.7. The molecule has 20 heavy (non-hydrogen) atoms. The molecule has 0 saturated heterocycles. The van der Waals surface area contributed by atoms with Gasteiger partial charge in [0.25, 0.3) is 0 Å². The van der Waals surface area contributed by atoms with E-state index in [4.69, 9.17) is 4.74 Å². The Hall–Kier alpha value is -1.38. The molecule has 1 aromatic heterocycles. The van der Waals surface area contributed by atoms with Gasteiger partial charge in [-0.05, 0) is 71.1 Å². The predicted octanol–water partition coefficient (Wildman–Crippen LogP) is 4.33. The molecule has 112 valence electrons. The fourth-order valence-corrected chi connectivity index (χ4v) is 2.25. The number of esters is 1. The maximum absolute atomic E-state index is 12.3. The van der Waals surface area contributed by atoms with Crippen molar-refractivity contribution in [3.8, 4) is 0 Å². The van der Waals surface area contributed by atoms with E-state index in [-0.39, 0.29) is 5.97 Å². The number of aromatic nitrogens is 1. The highest BCUT2D eigenvalue weighted by molar-refractivity contribution is 5.76. The van der Waals surface area contributed by atoms with Gasteiger partial charge in [0.1, 0.15) is 5.60 Å². The predicted molar refractivity (Wildman–Crippen MR) is 81.5 cm³/mol. The fraction of sp³-hybridized carbons (Fsp3) is 0.647. The van der Waals surface area contributed by atoms with E-state index in [0.717, 1.165) is 12.8 Å². The molecule has 0 aliphatic heterocycles. The van der Waals surface area contributed by atoms with Crippen molar-refractivity contribution in [2.24, 2.45) is 5.41 Å². The van der Waals surface area contributed by atoms with Crippen molar-refractivity contribution in [2.75, 3.05) is 0 Å². The molecule has 3 nitrogen and oxygen atoms in total. The van der Waals surface area contributed by atoms with Gasteiger partial charge in [0.2, 0.25) is 0 Å². The standard InChI is InChI=1S/C17H27NO2/c1-7-13(14-8-10-18-11-9-14)12-17(5,6)15(19)20-16(2,3)4/h8-11,13H,7,12H2,1-6H3. The lowest BCUT2D eigenvalue weighted by Gasteiger charge is -2.31. The number of rotatable bonds is 5. The second kappa shape index (κ2) is 6.38. The second-order valence-corrected chi connectivity index (χ2v) is 6.98. The molecule has 1 unspecified atom stereocenters. The Morgan fingerprint density at radius 3 is 2.20 bits per heavy atom. The zero-order valence-electron chi connectivity index (χ0n) is 13.6. The van der Waals surface area contributed by atoms with Gasteiger partial charge < -0.3 is 4.74 Å². The molecular weight excluding hydrogens is 250 g/mol. The minimum absolute atomic E-state index is 0.127. The van der Waals surface area contributed by atoms with Gasteiger partial charge in [-0.3, -0.25) is 9.78 Å². The normalized spacial score (nSPS) is 13.9. The van der Waals surface area contributed by atoms with E-state index in [1.807, 2.05) is 46.8 Å². The molecule has 0 bridgehead atoms. The van der Waals surface area contributed by atoms with Gasteiger partial charge in [-0.15, -0.1) is 0 Å². The lowest BCUT2D eigenvalue weighted by molar-refractivity contribution is -0.166. The lowest BCUT2D eigenvalue weighted by atomic mass is 9.79. The number of pyridine rings is 1. The molecule has 1 rings (SSSR count). The Morgan fingerprint density at radius 1 is 1.20 bits per heavy atom. The van der Waals surface area contributed by atoms with Crippen LogP contribution in [0, 0.1) is 5.41 Å². The SMILES string of the molecule is CCC(CC(C)(C)C(=O)OC(C)(C)C)c1ccncc1. The largest absolute Gasteiger partial charge is 0.460 e. The first-order chi connectivity index (χ1) is 9.15. The van der Waals surface area contributed by atoms with Gasteiger partial charge in [0.05, 0.1) is 5.41 Å². The monoisotopic (exact) mass is 277 g/mol. The molecule has 1 atom stereocenters. The first-order valence-corrected chi connectivity index (χ1v) is 7.29. The minimum Gasteiger partial charge on any atom is -0.460 e. The van der Waals surface area contributed by atoms with Crippen LogP contribution in [0.15, 0.2) is 24.5 Å². The Morgan fingerprint density at radius 2 is 1.75 bits per heavy atom. The number of ether oxygens (including phenoxy) is 1. The average molecular weight is 277 g/mol. The smallest absolute Gasteiger partial charge is 0.312 e. The summed E-state index contributed by atoms with van der Waals surface area (Å²) in [6, 6.07) is 4.05. The van der Waals surface area contributed by atoms with Crippen LogP contribution >= 0.6 is 0 Å². The first-order valence-electron chi connectivity index (χ1n) is 7.29. The van der Waals surface area contributed by atoms with E-state index in [0.29, 0.717) is 5.92 Å². The summed E-state index contributed by atoms with van der Waals surface area (Å²) in [5, 5.41) is 0. The van der Waals surface area contributed by atoms with Crippen molar-refractivity contribution in [1.82, 2.24) is 4.98 Å². The maximum Gasteiger partial charge on any atom is 0.312 e. The van der Waals surface area contributed by atoms with E-state index in [2.05, 4.69) is 11.9 Å². The third-order valence-corrected chi connectivity index (χ3v) is 3.38. The van der Waals surface area contributed by atoms with Crippen LogP contribution in [-0.4, -0.2) is 16.6 Å². The van der Waals surface area contributed by atoms with Gasteiger partial charge in [0, 0.05) is 12.4 Å². The molecule has 1 heterocycles. The molecule has 0 aliphatic carbocycles. The van der Waals surface area contributed by atoms with Crippen molar-refractivity contribution in [1.29, 1.82) is 0 Å². The third kappa shape index (κ3) is 4.95. The number of carbonyl (C=O) groups is 1. The summed E-state index contributed by atoms with van der Waals surface area (Å²) in [5.41, 5.74) is 0.309. The molecule has 0 radical (unpaired) electrons. The van der Waals surface area contributed by atoms with Gasteiger partial charge in [0.15, 0.2) is 0 Å². The summed E-state index contributed by atoms with van der Waals surface area (Å²) < 4.78 is 5.53. The van der Waals surface area contributed by atoms with Crippen LogP contribution in [0.5, 0.6) is 0 Å². The highest BCUT2D eigenvalue weighted by Crippen LogP contribution is 2.35. The van der Waals surface area contributed by atoms with Crippen LogP contribution in [0.3, 0.4) is 0 Å². The zero-order chi connectivity index (χ0) is 15.4. The summed E-state index contributed by atoms with van der Waals surface area (Å²) in [5.74, 6) is 0.220. The van der Waals surface area contributed by atoms with Crippen LogP contribution in [0.25, 0.3) is 0 Å². The van der Waals surface area contributed by atoms with E-state index in [1.54, 1.807) is 12.4 Å². The second-order valence-electron chi connectivity index (χ2n) is 6.98. The Balaban J connectivity index is 2.80. The van der Waals surface area contributed by atoms with Gasteiger partial charge in [-0.2, -0.15) is 0 Å². The maximum atomic E-state index is 12.3. The molecule has 3 heteroatoms. The van der Waals surface area contributed by atoms with Gasteiger partial charge in [-0.25, -0.2) is 0 Å². The molecule has 0 fully saturated rings. The van der Waals surface area contributed by atoms with Crippen molar-refractivity contribution >= 4 is 5.97 Å². The molecule has 0 amide bonds. The molecule has 0 spiro atoms. The van der Waals surface area contributed by atoms with Gasteiger partial charge in [-0.1, -0.05) is 6.92 Å². The van der Waals surface area contributed by atoms with Crippen LogP contribution in [0.1, 0.15) is 65.9 Å². The van der Waals surface area contributed by atoms with E-state index in [9.17, 15) is 4.79 Å². The van der Waals surface area contributed by atoms with Crippen molar-refractivity contribution in [2.45, 2.75) is 65.9 Å². The van der Waals surface area contributed by atoms with Gasteiger partial charge >= 0.3 is 5.97 Å². The Labute approximate surface area is 122 Å². The molecule has 0 aromatic carbocycles. The molecular formula is C17H27NO2. The molecule has 0 saturated carbocycles. The van der Waals surface area contributed by atoms with E-state index >= 15 is 0 Å². The summed E-state index contributed by atoms with van der Waals surface area (Å²) in [4.78, 5) is 16.4. The van der Waals surface area contributed by atoms with Crippen LogP contribution in [0.2, 0.25) is 0 Å². The van der Waals surface area contributed by atoms with Crippen molar-refractivity contribution in [3.05, 3.63) is 30.1 Å². The number of hydrogen-bond acceptors (Lipinski definition) is 3. The molecule has 0 aliphatic rings. The van der Waals surface area contributed by atoms with Crippen molar-refractivity contribution in [3.63, 3.8) is 0 Å². The van der Waals surface area contributed by atoms with Crippen LogP contribution < -0.4 is 0 Å². The summed E-state index contributed by atoms with van der Waals surface area (Å²) >= 11 is 0. The number of carbonyl (C=O) groups excluding carboxylic acids is 1. The van der Waals surface area contributed by atoms with E-state index < -0.39 is 11.0 Å². The molecule has 0 N–H and O–H groups in total. The minimum atomic E-state index is -0.489. The summed E-state index contributed by atoms with van der Waals surface area (Å²) in [7, 11) is 0. The lowest BCUT2D eigenvalue weighted by Crippen LogP contribution is -2.34. The van der Waals surface area contributed by atoms with Crippen LogP contribution in [-0.2, 0) is 9.53 Å². The zero-order valence-corrected chi connectivity index (χ0v) is 13.6. The molecule has 1 aromatic rings. The Kier molecular flexibility index (Phi) is 5.32. The van der Waals surface area contributed by atoms with Crippen LogP contribution in [0.4, 0.5) is 0 Å². The average Bonchev–Trinajstić information content (AvgIpc) is 2.35. The Bertz CT molecular complexity index is 432. The highest BCUT2D eigenvalue weighted by atomic mass is 16.6. The van der Waals surface area contributed by atoms with E-state index in [1.165, 1.54) is 5.56 Å². The number of hydrogen-bond donors (Lipinski definition) is 0. The fourth-order valence-electron chi connectivity index (χ4n) is 2.25. The highest BCUT2D eigenvalue weighted by Gasteiger charge is 2.34. The topological polar surface area (TPSA) is 39.2 Å². The third-order valence-electron chi connectivity index (χ3n) is 3.38. The summed E-state index contributed by atoms with van der Waals surface area (Å²) in [6.07, 6.45) is 5.38. The summed E-state index contributed by atoms with van der Waals surface area (Å²) in [6.45, 7) is 11.8.